The SMILES string of the molecule is CN(C(=O)OCc1ccccc1)C(Cc1ccccc1)C(=O)O.[H-].[Li+]. The molecule has 5 nitrogen and oxygen atoms in total. The van der Waals surface area contributed by atoms with Crippen molar-refractivity contribution in [3.8, 4) is 0 Å². The normalized spacial score (nSPS) is 11.0. The van der Waals surface area contributed by atoms with Crippen LogP contribution in [-0.4, -0.2) is 35.2 Å². The minimum Gasteiger partial charge on any atom is -1.00 e. The van der Waals surface area contributed by atoms with Gasteiger partial charge in [-0.2, -0.15) is 0 Å². The molecule has 0 bridgehead atoms. The van der Waals surface area contributed by atoms with Crippen molar-refractivity contribution in [2.75, 3.05) is 7.05 Å². The molecule has 6 heteroatoms. The molecule has 0 radical (unpaired) electrons. The molecule has 1 N–H and O–H groups in total. The summed E-state index contributed by atoms with van der Waals surface area (Å²) in [6, 6.07) is 17.5. The third-order valence-corrected chi connectivity index (χ3v) is 3.52. The van der Waals surface area contributed by atoms with Crippen molar-refractivity contribution in [1.29, 1.82) is 0 Å². The molecule has 1 atom stereocenters. The van der Waals surface area contributed by atoms with Gasteiger partial charge in [-0.1, -0.05) is 60.7 Å². The van der Waals surface area contributed by atoms with Crippen molar-refractivity contribution in [1.82, 2.24) is 4.90 Å². The zero-order valence-corrected chi connectivity index (χ0v) is 13.9. The molecule has 1 unspecified atom stereocenters. The van der Waals surface area contributed by atoms with Gasteiger partial charge in [0.2, 0.25) is 0 Å². The Morgan fingerprint density at radius 1 is 1.04 bits per heavy atom. The number of carboxylic acids is 1. The van der Waals surface area contributed by atoms with Crippen LogP contribution in [0, 0.1) is 0 Å². The van der Waals surface area contributed by atoms with Crippen LogP contribution in [0.3, 0.4) is 0 Å². The summed E-state index contributed by atoms with van der Waals surface area (Å²) in [6.45, 7) is 0.113. The Morgan fingerprint density at radius 3 is 2.04 bits per heavy atom. The number of benzene rings is 2. The Balaban J connectivity index is 0.00000288. The third kappa shape index (κ3) is 5.77. The molecule has 0 saturated carbocycles. The summed E-state index contributed by atoms with van der Waals surface area (Å²) in [5, 5.41) is 9.39. The molecule has 2 rings (SSSR count). The molecule has 2 aromatic carbocycles. The van der Waals surface area contributed by atoms with E-state index in [2.05, 4.69) is 0 Å². The molecule has 0 saturated heterocycles. The molecular weight excluding hydrogens is 301 g/mol. The van der Waals surface area contributed by atoms with Crippen LogP contribution in [0.1, 0.15) is 12.6 Å². The van der Waals surface area contributed by atoms with E-state index < -0.39 is 18.1 Å². The molecule has 0 aliphatic carbocycles. The predicted octanol–water partition coefficient (Wildman–Crippen LogP) is 0.0674. The van der Waals surface area contributed by atoms with Crippen LogP contribution in [0.5, 0.6) is 0 Å². The minimum atomic E-state index is -1.06. The molecule has 24 heavy (non-hydrogen) atoms. The van der Waals surface area contributed by atoms with Crippen LogP contribution < -0.4 is 18.9 Å². The second-order valence-electron chi connectivity index (χ2n) is 5.19. The zero-order chi connectivity index (χ0) is 16.7. The number of hydrogen-bond donors (Lipinski definition) is 1. The number of amides is 1. The van der Waals surface area contributed by atoms with Gasteiger partial charge in [0.1, 0.15) is 12.6 Å². The fourth-order valence-corrected chi connectivity index (χ4v) is 2.18. The van der Waals surface area contributed by atoms with Crippen molar-refractivity contribution in [2.24, 2.45) is 0 Å². The van der Waals surface area contributed by atoms with Gasteiger partial charge in [-0.25, -0.2) is 9.59 Å². The van der Waals surface area contributed by atoms with Crippen LogP contribution in [0.2, 0.25) is 0 Å². The first-order valence-corrected chi connectivity index (χ1v) is 7.28. The summed E-state index contributed by atoms with van der Waals surface area (Å²) < 4.78 is 5.18. The second-order valence-corrected chi connectivity index (χ2v) is 5.19. The van der Waals surface area contributed by atoms with Crippen LogP contribution in [0.15, 0.2) is 60.7 Å². The number of hydrogen-bond acceptors (Lipinski definition) is 3. The Morgan fingerprint density at radius 2 is 1.54 bits per heavy atom. The van der Waals surface area contributed by atoms with E-state index in [-0.39, 0.29) is 33.3 Å². The van der Waals surface area contributed by atoms with E-state index in [1.54, 1.807) is 0 Å². The quantitative estimate of drug-likeness (QED) is 0.765. The first kappa shape index (κ1) is 19.8. The molecule has 0 aliphatic heterocycles. The number of carboxylic acid groups (broad SMARTS) is 1. The predicted molar refractivity (Wildman–Crippen MR) is 87.1 cm³/mol. The van der Waals surface area contributed by atoms with E-state index in [0.29, 0.717) is 0 Å². The van der Waals surface area contributed by atoms with Crippen LogP contribution in [0.25, 0.3) is 0 Å². The largest absolute Gasteiger partial charge is 1.00 e. The summed E-state index contributed by atoms with van der Waals surface area (Å²) in [7, 11) is 1.44. The van der Waals surface area contributed by atoms with Crippen molar-refractivity contribution < 1.29 is 39.7 Å². The smallest absolute Gasteiger partial charge is 1.00 e. The molecule has 122 valence electrons. The molecule has 0 aliphatic rings. The van der Waals surface area contributed by atoms with Crippen molar-refractivity contribution in [3.05, 3.63) is 71.8 Å². The maximum absolute atomic E-state index is 12.1. The van der Waals surface area contributed by atoms with Crippen molar-refractivity contribution >= 4 is 12.1 Å². The number of rotatable bonds is 6. The van der Waals surface area contributed by atoms with Gasteiger partial charge >= 0.3 is 30.9 Å². The molecule has 0 spiro atoms. The summed E-state index contributed by atoms with van der Waals surface area (Å²) in [4.78, 5) is 24.7. The molecule has 0 heterocycles. The first-order chi connectivity index (χ1) is 11.1. The van der Waals surface area contributed by atoms with Crippen molar-refractivity contribution in [2.45, 2.75) is 19.1 Å². The number of carbonyl (C=O) groups excluding carboxylic acids is 1. The molecular formula is C18H20LiNO4. The zero-order valence-electron chi connectivity index (χ0n) is 14.9. The second kappa shape index (κ2) is 9.81. The fraction of sp³-hybridized carbons (Fsp3) is 0.222. The Kier molecular flexibility index (Phi) is 8.11. The summed E-state index contributed by atoms with van der Waals surface area (Å²) >= 11 is 0. The average Bonchev–Trinajstić information content (AvgIpc) is 2.58. The van der Waals surface area contributed by atoms with Gasteiger partial charge in [-0.15, -0.1) is 0 Å². The Labute approximate surface area is 154 Å². The Bertz CT molecular complexity index is 655. The average molecular weight is 321 g/mol. The van der Waals surface area contributed by atoms with E-state index in [1.807, 2.05) is 60.7 Å². The van der Waals surface area contributed by atoms with Crippen LogP contribution in [-0.2, 0) is 22.6 Å². The van der Waals surface area contributed by atoms with Crippen LogP contribution in [0.4, 0.5) is 4.79 Å². The van der Waals surface area contributed by atoms with E-state index in [4.69, 9.17) is 4.74 Å². The van der Waals surface area contributed by atoms with E-state index in [1.165, 1.54) is 7.05 Å². The van der Waals surface area contributed by atoms with Gasteiger partial charge in [-0.05, 0) is 11.1 Å². The number of ether oxygens (including phenoxy) is 1. The topological polar surface area (TPSA) is 66.8 Å². The van der Waals surface area contributed by atoms with E-state index in [9.17, 15) is 14.7 Å². The Hall–Kier alpha value is -2.22. The standard InChI is InChI=1S/C18H19NO4.Li.H/c1-19(18(22)23-13-15-10-6-3-7-11-15)16(17(20)21)12-14-8-4-2-5-9-14;;/h2-11,16H,12-13H2,1H3,(H,20,21);;/q;+1;-1. The molecule has 0 aromatic heterocycles. The number of likely N-dealkylation sites (N-methyl/N-ethyl adjacent to an activating group) is 1. The summed E-state index contributed by atoms with van der Waals surface area (Å²) in [5.41, 5.74) is 1.70. The molecule has 2 aromatic rings. The van der Waals surface area contributed by atoms with E-state index >= 15 is 0 Å². The maximum atomic E-state index is 12.1. The maximum Gasteiger partial charge on any atom is 1.00 e. The van der Waals surface area contributed by atoms with Gasteiger partial charge in [0.15, 0.2) is 0 Å². The summed E-state index contributed by atoms with van der Waals surface area (Å²) in [6.07, 6.45) is -0.426. The molecule has 0 fully saturated rings. The van der Waals surface area contributed by atoms with Crippen LogP contribution >= 0.6 is 0 Å². The molecule has 1 amide bonds. The summed E-state index contributed by atoms with van der Waals surface area (Å²) in [5.74, 6) is -1.06. The van der Waals surface area contributed by atoms with Crippen molar-refractivity contribution in [3.63, 3.8) is 0 Å². The van der Waals surface area contributed by atoms with Gasteiger partial charge in [0, 0.05) is 13.5 Å². The van der Waals surface area contributed by atoms with Gasteiger partial charge in [0.05, 0.1) is 0 Å². The number of aliphatic carboxylic acids is 1. The van der Waals surface area contributed by atoms with Gasteiger partial charge in [0.25, 0.3) is 0 Å². The minimum absolute atomic E-state index is 0. The fourth-order valence-electron chi connectivity index (χ4n) is 2.18. The van der Waals surface area contributed by atoms with E-state index in [0.717, 1.165) is 16.0 Å². The first-order valence-electron chi connectivity index (χ1n) is 7.28. The van der Waals surface area contributed by atoms with Gasteiger partial charge < -0.3 is 11.3 Å². The third-order valence-electron chi connectivity index (χ3n) is 3.52. The van der Waals surface area contributed by atoms with Gasteiger partial charge in [-0.3, -0.25) is 4.90 Å². The number of carbonyl (C=O) groups is 2. The number of nitrogens with zero attached hydrogens (tertiary/aromatic N) is 1. The monoisotopic (exact) mass is 321 g/mol.